The van der Waals surface area contributed by atoms with Crippen molar-refractivity contribution in [3.8, 4) is 0 Å². The molecule has 0 aliphatic carbocycles. The molecule has 0 fully saturated rings. The Bertz CT molecular complexity index is 69.6. The third kappa shape index (κ3) is 754. The minimum absolute atomic E-state index is 0. The fourth-order valence-electron chi connectivity index (χ4n) is 0. The number of rotatable bonds is 0. The minimum Gasteiger partial charge on any atom is -0.450 e. The molecule has 10 heavy (non-hydrogen) atoms. The Labute approximate surface area is 74.0 Å². The van der Waals surface area contributed by atoms with Crippen LogP contribution in [0, 0.1) is 0 Å². The zero-order valence-corrected chi connectivity index (χ0v) is 6.49. The first-order valence-electron chi connectivity index (χ1n) is 1.30. The Morgan fingerprint density at radius 1 is 0.800 bits per heavy atom. The van der Waals surface area contributed by atoms with Gasteiger partial charge in [-0.2, -0.15) is 0 Å². The van der Waals surface area contributed by atoms with Crippen LogP contribution < -0.4 is 0 Å². The van der Waals surface area contributed by atoms with Gasteiger partial charge >= 0.3 is 12.3 Å². The summed E-state index contributed by atoms with van der Waals surface area (Å²) in [5, 5.41) is 27.9. The van der Waals surface area contributed by atoms with E-state index < -0.39 is 12.3 Å². The van der Waals surface area contributed by atoms with Gasteiger partial charge in [0.2, 0.25) is 0 Å². The van der Waals surface area contributed by atoms with Crippen LogP contribution in [0.1, 0.15) is 0 Å². The summed E-state index contributed by atoms with van der Waals surface area (Å²) < 4.78 is 0. The van der Waals surface area contributed by atoms with Crippen molar-refractivity contribution in [2.45, 2.75) is 0 Å². The van der Waals surface area contributed by atoms with E-state index in [4.69, 9.17) is 30.0 Å². The van der Waals surface area contributed by atoms with Crippen molar-refractivity contribution >= 4 is 12.3 Å². The zero-order chi connectivity index (χ0) is 7.15. The molecule has 0 aromatic carbocycles. The first kappa shape index (κ1) is 22.8. The number of hydrogen-bond donors (Lipinski definition) is 4. The Morgan fingerprint density at radius 2 is 0.800 bits per heavy atom. The van der Waals surface area contributed by atoms with Crippen molar-refractivity contribution in [3.63, 3.8) is 0 Å². The first-order chi connectivity index (χ1) is 3.46. The average Bonchev–Trinajstić information content (AvgIpc) is 1.25. The molecule has 6 N–H and O–H groups in total. The van der Waals surface area contributed by atoms with Gasteiger partial charge in [-0.1, -0.05) is 0 Å². The molecule has 0 unspecified atom stereocenters. The normalized spacial score (nSPS) is 4.80. The molecule has 0 saturated heterocycles. The Balaban J connectivity index is -0.0000000300. The smallest absolute Gasteiger partial charge is 0.450 e. The van der Waals surface area contributed by atoms with Gasteiger partial charge in [0.25, 0.3) is 0 Å². The van der Waals surface area contributed by atoms with Crippen LogP contribution >= 0.6 is 0 Å². The van der Waals surface area contributed by atoms with Crippen LogP contribution in [-0.4, -0.2) is 38.2 Å². The van der Waals surface area contributed by atoms with E-state index in [0.717, 1.165) is 0 Å². The van der Waals surface area contributed by atoms with E-state index >= 15 is 0 Å². The number of carboxylic acid groups (broad SMARTS) is 4. The van der Waals surface area contributed by atoms with Gasteiger partial charge in [-0.15, -0.1) is 0 Å². The molecule has 7 nitrogen and oxygen atoms in total. The second-order valence-corrected chi connectivity index (χ2v) is 0.565. The van der Waals surface area contributed by atoms with Crippen molar-refractivity contribution in [2.24, 2.45) is 0 Å². The molecule has 0 aliphatic rings. The molecule has 0 atom stereocenters. The van der Waals surface area contributed by atoms with Gasteiger partial charge in [0.05, 0.1) is 0 Å². The minimum atomic E-state index is -1.83. The van der Waals surface area contributed by atoms with Crippen LogP contribution in [-0.2, 0) is 25.8 Å². The molecule has 0 saturated carbocycles. The summed E-state index contributed by atoms with van der Waals surface area (Å²) in [5.41, 5.74) is 0. The first-order valence-corrected chi connectivity index (χ1v) is 1.30. The second-order valence-electron chi connectivity index (χ2n) is 0.565. The molecular formula is C2H6O7Sc. The van der Waals surface area contributed by atoms with E-state index in [1.165, 1.54) is 0 Å². The van der Waals surface area contributed by atoms with Gasteiger partial charge in [0, 0.05) is 25.8 Å². The third-order valence-corrected chi connectivity index (χ3v) is 0. The van der Waals surface area contributed by atoms with Crippen LogP contribution in [0.2, 0.25) is 0 Å². The third-order valence-electron chi connectivity index (χ3n) is 0. The van der Waals surface area contributed by atoms with E-state index in [1.807, 2.05) is 0 Å². The van der Waals surface area contributed by atoms with Crippen LogP contribution in [0.4, 0.5) is 9.59 Å². The van der Waals surface area contributed by atoms with E-state index in [2.05, 4.69) is 0 Å². The summed E-state index contributed by atoms with van der Waals surface area (Å²) in [6.45, 7) is 0. The van der Waals surface area contributed by atoms with Gasteiger partial charge in [-0.3, -0.25) is 0 Å². The van der Waals surface area contributed by atoms with Gasteiger partial charge in [0.15, 0.2) is 0 Å². The van der Waals surface area contributed by atoms with Crippen LogP contribution in [0.25, 0.3) is 0 Å². The largest absolute Gasteiger partial charge is 0.503 e. The van der Waals surface area contributed by atoms with Crippen molar-refractivity contribution < 1.29 is 61.3 Å². The van der Waals surface area contributed by atoms with Crippen molar-refractivity contribution in [2.75, 3.05) is 0 Å². The molecule has 0 aromatic heterocycles. The molecule has 0 amide bonds. The monoisotopic (exact) mass is 187 g/mol. The maximum absolute atomic E-state index is 8.56. The topological polar surface area (TPSA) is 147 Å². The Kier molecular flexibility index (Phi) is 35.9. The zero-order valence-electron chi connectivity index (χ0n) is 4.68. The summed E-state index contributed by atoms with van der Waals surface area (Å²) in [6, 6.07) is 0. The quantitative estimate of drug-likeness (QED) is 0.406. The molecule has 0 spiro atoms. The van der Waals surface area contributed by atoms with Gasteiger partial charge in [-0.25, -0.2) is 9.59 Å². The predicted octanol–water partition coefficient (Wildman–Crippen LogP) is -0.382. The molecule has 59 valence electrons. The van der Waals surface area contributed by atoms with Gasteiger partial charge in [0.1, 0.15) is 0 Å². The molecule has 0 heterocycles. The molecule has 0 bridgehead atoms. The summed E-state index contributed by atoms with van der Waals surface area (Å²) in [6.07, 6.45) is -3.67. The van der Waals surface area contributed by atoms with E-state index in [9.17, 15) is 0 Å². The SMILES string of the molecule is O.O=C(O)O.O=C(O)O.[Sc]. The summed E-state index contributed by atoms with van der Waals surface area (Å²) in [5.74, 6) is 0. The molecular weight excluding hydrogens is 181 g/mol. The van der Waals surface area contributed by atoms with E-state index in [0.29, 0.717) is 0 Å². The van der Waals surface area contributed by atoms with Gasteiger partial charge < -0.3 is 25.9 Å². The van der Waals surface area contributed by atoms with E-state index in [1.54, 1.807) is 0 Å². The van der Waals surface area contributed by atoms with Crippen molar-refractivity contribution in [3.05, 3.63) is 0 Å². The van der Waals surface area contributed by atoms with Crippen molar-refractivity contribution in [1.82, 2.24) is 0 Å². The van der Waals surface area contributed by atoms with Crippen LogP contribution in [0.3, 0.4) is 0 Å². The van der Waals surface area contributed by atoms with E-state index in [-0.39, 0.29) is 31.3 Å². The number of carbonyl (C=O) groups is 2. The standard InChI is InChI=1S/2CH2O3.H2O.Sc/c2*2-1(3)4;;/h2*(H2,2,3,4);1H2;. The molecule has 0 aromatic rings. The number of hydrogen-bond acceptors (Lipinski definition) is 2. The summed E-state index contributed by atoms with van der Waals surface area (Å²) in [7, 11) is 0. The van der Waals surface area contributed by atoms with Crippen LogP contribution in [0.15, 0.2) is 0 Å². The molecule has 0 rings (SSSR count). The summed E-state index contributed by atoms with van der Waals surface area (Å²) in [4.78, 5) is 17.1. The average molecular weight is 187 g/mol. The molecule has 8 heteroatoms. The van der Waals surface area contributed by atoms with Gasteiger partial charge in [-0.05, 0) is 0 Å². The van der Waals surface area contributed by atoms with Crippen molar-refractivity contribution in [1.29, 1.82) is 0 Å². The fourth-order valence-corrected chi connectivity index (χ4v) is 0. The molecule has 0 aliphatic heterocycles. The molecule has 1 radical (unpaired) electrons. The predicted molar refractivity (Wildman–Crippen MR) is 24.9 cm³/mol. The maximum Gasteiger partial charge on any atom is 0.503 e. The second kappa shape index (κ2) is 15.8. The Morgan fingerprint density at radius 3 is 0.800 bits per heavy atom. The maximum atomic E-state index is 8.56. The van der Waals surface area contributed by atoms with Crippen LogP contribution in [0.5, 0.6) is 0 Å². The fraction of sp³-hybridized carbons (Fsp3) is 0. The summed E-state index contributed by atoms with van der Waals surface area (Å²) >= 11 is 0. The Hall–Kier alpha value is -0.630.